The summed E-state index contributed by atoms with van der Waals surface area (Å²) in [5.41, 5.74) is 1.29. The number of carbonyl (C=O) groups is 1. The number of fused-ring (bicyclic) bond motifs is 4. The van der Waals surface area contributed by atoms with Crippen molar-refractivity contribution in [3.8, 4) is 28.7 Å². The molecule has 2 heterocycles. The highest BCUT2D eigenvalue weighted by Gasteiger charge is 2.32. The fourth-order valence-corrected chi connectivity index (χ4v) is 3.62. The van der Waals surface area contributed by atoms with Gasteiger partial charge in [-0.25, -0.2) is 0 Å². The smallest absolute Gasteiger partial charge is 0.174 e. The zero-order chi connectivity index (χ0) is 19.6. The van der Waals surface area contributed by atoms with Gasteiger partial charge < -0.3 is 29.6 Å². The molecule has 1 atom stereocenters. The van der Waals surface area contributed by atoms with E-state index in [0.29, 0.717) is 5.39 Å². The molecule has 0 unspecified atom stereocenters. The molecule has 1 aliphatic rings. The lowest BCUT2D eigenvalue weighted by atomic mass is 9.94. The van der Waals surface area contributed by atoms with Crippen LogP contribution in [-0.4, -0.2) is 26.2 Å². The predicted octanol–water partition coefficient (Wildman–Crippen LogP) is 4.11. The number of rotatable bonds is 1. The van der Waals surface area contributed by atoms with Gasteiger partial charge in [0.1, 0.15) is 40.1 Å². The average molecular weight is 378 g/mol. The Morgan fingerprint density at radius 2 is 1.61 bits per heavy atom. The van der Waals surface area contributed by atoms with Crippen molar-refractivity contribution in [3.05, 3.63) is 53.6 Å². The zero-order valence-electron chi connectivity index (χ0n) is 14.3. The van der Waals surface area contributed by atoms with Crippen LogP contribution < -0.4 is 4.74 Å². The lowest BCUT2D eigenvalue weighted by molar-refractivity contribution is 0.0846. The van der Waals surface area contributed by atoms with Gasteiger partial charge in [-0.15, -0.1) is 0 Å². The largest absolute Gasteiger partial charge is 0.508 e. The molecule has 28 heavy (non-hydrogen) atoms. The summed E-state index contributed by atoms with van der Waals surface area (Å²) in [4.78, 5) is 12.8. The summed E-state index contributed by atoms with van der Waals surface area (Å²) in [7, 11) is 0. The second kappa shape index (κ2) is 5.56. The third-order valence-corrected chi connectivity index (χ3v) is 4.98. The van der Waals surface area contributed by atoms with Crippen LogP contribution in [0.3, 0.4) is 0 Å². The summed E-state index contributed by atoms with van der Waals surface area (Å²) in [5.74, 6) is -0.995. The van der Waals surface area contributed by atoms with Crippen molar-refractivity contribution < 1.29 is 34.4 Å². The number of hydrogen-bond donors (Lipinski definition) is 4. The molecule has 1 aromatic heterocycles. The Balaban J connectivity index is 1.69. The van der Waals surface area contributed by atoms with Crippen LogP contribution in [0.5, 0.6) is 28.7 Å². The number of ether oxygens (including phenoxy) is 1. The van der Waals surface area contributed by atoms with Gasteiger partial charge in [-0.3, -0.25) is 4.79 Å². The highest BCUT2D eigenvalue weighted by atomic mass is 16.5. The van der Waals surface area contributed by atoms with Gasteiger partial charge >= 0.3 is 0 Å². The van der Waals surface area contributed by atoms with Gasteiger partial charge in [0.05, 0.1) is 11.8 Å². The predicted molar refractivity (Wildman–Crippen MR) is 99.1 cm³/mol. The van der Waals surface area contributed by atoms with Gasteiger partial charge in [-0.2, -0.15) is 0 Å². The van der Waals surface area contributed by atoms with E-state index in [1.165, 1.54) is 30.3 Å². The molecule has 0 spiro atoms. The lowest BCUT2D eigenvalue weighted by Crippen LogP contribution is -2.20. The Bertz CT molecular complexity index is 1270. The van der Waals surface area contributed by atoms with Crippen LogP contribution in [0.25, 0.3) is 21.9 Å². The maximum Gasteiger partial charge on any atom is 0.174 e. The van der Waals surface area contributed by atoms with Gasteiger partial charge in [0.25, 0.3) is 0 Å². The van der Waals surface area contributed by atoms with Crippen molar-refractivity contribution in [2.45, 2.75) is 12.5 Å². The number of benzene rings is 3. The van der Waals surface area contributed by atoms with E-state index in [1.54, 1.807) is 12.1 Å². The zero-order valence-corrected chi connectivity index (χ0v) is 14.3. The van der Waals surface area contributed by atoms with Gasteiger partial charge in [-0.1, -0.05) is 12.1 Å². The fourth-order valence-electron chi connectivity index (χ4n) is 3.62. The second-order valence-electron chi connectivity index (χ2n) is 6.74. The topological polar surface area (TPSA) is 120 Å². The second-order valence-corrected chi connectivity index (χ2v) is 6.74. The molecule has 7 heteroatoms. The highest BCUT2D eigenvalue weighted by molar-refractivity contribution is 6.15. The van der Waals surface area contributed by atoms with E-state index in [9.17, 15) is 25.2 Å². The molecule has 0 bridgehead atoms. The molecule has 4 aromatic rings. The Labute approximate surface area is 157 Å². The van der Waals surface area contributed by atoms with Crippen molar-refractivity contribution in [2.24, 2.45) is 0 Å². The van der Waals surface area contributed by atoms with Gasteiger partial charge in [0.2, 0.25) is 0 Å². The van der Waals surface area contributed by atoms with Crippen LogP contribution in [0.2, 0.25) is 0 Å². The Kier molecular flexibility index (Phi) is 3.24. The molecule has 5 rings (SSSR count). The maximum atomic E-state index is 12.8. The number of aromatic hydroxyl groups is 4. The molecule has 1 aliphatic heterocycles. The highest BCUT2D eigenvalue weighted by Crippen LogP contribution is 2.47. The number of furan rings is 1. The number of Topliss-reactive ketones (excluding diaryl/α,β-unsaturated/α-hetero) is 1. The van der Waals surface area contributed by atoms with Gasteiger partial charge in [0.15, 0.2) is 17.3 Å². The van der Waals surface area contributed by atoms with Gasteiger partial charge in [0, 0.05) is 17.5 Å². The van der Waals surface area contributed by atoms with Crippen LogP contribution in [0, 0.1) is 0 Å². The third kappa shape index (κ3) is 2.26. The van der Waals surface area contributed by atoms with E-state index in [2.05, 4.69) is 0 Å². The molecule has 0 fully saturated rings. The SMILES string of the molecule is O=C1C[C@H](c2ccc(O)cc2)Oc2cc3oc4cc(O)c(O)cc4c3c(O)c21. The Hall–Kier alpha value is -3.87. The van der Waals surface area contributed by atoms with Crippen LogP contribution >= 0.6 is 0 Å². The Morgan fingerprint density at radius 1 is 0.893 bits per heavy atom. The first-order valence-corrected chi connectivity index (χ1v) is 8.55. The van der Waals surface area contributed by atoms with E-state index in [0.717, 1.165) is 5.56 Å². The third-order valence-electron chi connectivity index (χ3n) is 4.98. The first kappa shape index (κ1) is 16.3. The summed E-state index contributed by atoms with van der Waals surface area (Å²) < 4.78 is 11.6. The van der Waals surface area contributed by atoms with E-state index in [4.69, 9.17) is 9.15 Å². The molecule has 3 aromatic carbocycles. The summed E-state index contributed by atoms with van der Waals surface area (Å²) in [6.45, 7) is 0. The molecule has 0 amide bonds. The minimum absolute atomic E-state index is 0.0265. The first-order chi connectivity index (χ1) is 13.4. The average Bonchev–Trinajstić information content (AvgIpc) is 2.99. The minimum atomic E-state index is -0.560. The number of hydrogen-bond acceptors (Lipinski definition) is 7. The molecule has 0 saturated heterocycles. The number of ketones is 1. The molecule has 0 aliphatic carbocycles. The van der Waals surface area contributed by atoms with E-state index in [-0.39, 0.29) is 63.1 Å². The quantitative estimate of drug-likeness (QED) is 0.368. The summed E-state index contributed by atoms with van der Waals surface area (Å²) in [6.07, 6.45) is -0.534. The molecule has 0 saturated carbocycles. The van der Waals surface area contributed by atoms with Crippen molar-refractivity contribution in [3.63, 3.8) is 0 Å². The van der Waals surface area contributed by atoms with Crippen LogP contribution in [0.1, 0.15) is 28.4 Å². The lowest BCUT2D eigenvalue weighted by Gasteiger charge is -2.26. The first-order valence-electron chi connectivity index (χ1n) is 8.55. The van der Waals surface area contributed by atoms with E-state index >= 15 is 0 Å². The number of phenolic OH excluding ortho intramolecular Hbond substituents is 4. The van der Waals surface area contributed by atoms with Crippen LogP contribution in [0.15, 0.2) is 46.9 Å². The van der Waals surface area contributed by atoms with E-state index < -0.39 is 6.10 Å². The van der Waals surface area contributed by atoms with Gasteiger partial charge in [-0.05, 0) is 23.8 Å². The van der Waals surface area contributed by atoms with Crippen molar-refractivity contribution in [1.82, 2.24) is 0 Å². The van der Waals surface area contributed by atoms with Crippen molar-refractivity contribution in [2.75, 3.05) is 0 Å². The summed E-state index contributed by atoms with van der Waals surface area (Å²) in [5, 5.41) is 40.3. The maximum absolute atomic E-state index is 12.8. The number of phenols is 4. The van der Waals surface area contributed by atoms with Crippen LogP contribution in [0.4, 0.5) is 0 Å². The monoisotopic (exact) mass is 378 g/mol. The molecule has 140 valence electrons. The fraction of sp³-hybridized carbons (Fsp3) is 0.0952. The summed E-state index contributed by atoms with van der Waals surface area (Å²) in [6, 6.07) is 10.4. The molecule has 4 N–H and O–H groups in total. The standard InChI is InChI=1S/C21H14O7/c22-10-3-1-9(2-4-10)15-7-14(25)20-18(27-15)8-17-19(21(20)26)11-5-12(23)13(24)6-16(11)28-17/h1-6,8,15,22-24,26H,7H2/t15-/m1/s1. The molecule has 0 radical (unpaired) electrons. The van der Waals surface area contributed by atoms with Crippen molar-refractivity contribution >= 4 is 27.7 Å². The molecular weight excluding hydrogens is 364 g/mol. The Morgan fingerprint density at radius 3 is 2.36 bits per heavy atom. The minimum Gasteiger partial charge on any atom is -0.508 e. The van der Waals surface area contributed by atoms with Crippen LogP contribution in [-0.2, 0) is 0 Å². The summed E-state index contributed by atoms with van der Waals surface area (Å²) >= 11 is 0. The number of carbonyl (C=O) groups excluding carboxylic acids is 1. The molecule has 7 nitrogen and oxygen atoms in total. The molecular formula is C21H14O7. The van der Waals surface area contributed by atoms with Crippen molar-refractivity contribution in [1.29, 1.82) is 0 Å². The van der Waals surface area contributed by atoms with E-state index in [1.807, 2.05) is 0 Å². The normalized spacial score (nSPS) is 16.3.